The molecule has 0 spiro atoms. The van der Waals surface area contributed by atoms with Crippen molar-refractivity contribution in [3.63, 3.8) is 0 Å². The first-order valence-electron chi connectivity index (χ1n) is 5.13. The second-order valence-electron chi connectivity index (χ2n) is 3.78. The van der Waals surface area contributed by atoms with E-state index in [1.54, 1.807) is 18.3 Å². The Kier molecular flexibility index (Phi) is 2.88. The van der Waals surface area contributed by atoms with Gasteiger partial charge in [0.2, 0.25) is 0 Å². The molecule has 2 rings (SSSR count). The summed E-state index contributed by atoms with van der Waals surface area (Å²) in [6.07, 6.45) is 1.67. The van der Waals surface area contributed by atoms with E-state index in [9.17, 15) is 10.1 Å². The highest BCUT2D eigenvalue weighted by Gasteiger charge is 2.08. The number of aromatic nitrogens is 2. The van der Waals surface area contributed by atoms with E-state index in [2.05, 4.69) is 9.97 Å². The fraction of sp³-hybridized carbons (Fsp3) is 0.182. The quantitative estimate of drug-likeness (QED) is 0.624. The Morgan fingerprint density at radius 2 is 2.06 bits per heavy atom. The fourth-order valence-corrected chi connectivity index (χ4v) is 1.45. The van der Waals surface area contributed by atoms with Crippen LogP contribution in [0.5, 0.6) is 0 Å². The molecule has 1 aromatic heterocycles. The summed E-state index contributed by atoms with van der Waals surface area (Å²) in [6, 6.07) is 6.09. The van der Waals surface area contributed by atoms with Gasteiger partial charge in [-0.2, -0.15) is 0 Å². The van der Waals surface area contributed by atoms with E-state index < -0.39 is 4.92 Å². The maximum Gasteiger partial charge on any atom is 0.269 e. The molecule has 1 heterocycles. The summed E-state index contributed by atoms with van der Waals surface area (Å²) in [6.45, 7) is 1.85. The fourth-order valence-electron chi connectivity index (χ4n) is 1.45. The molecule has 0 saturated heterocycles. The van der Waals surface area contributed by atoms with E-state index in [0.717, 1.165) is 11.3 Å². The standard InChI is InChI=1S/C11H12N4O2/c1-7(12)10-6-13-11(14-10)8-2-4-9(5-3-8)15(16)17/h2-7H,12H2,1H3,(H,13,14). The molecule has 1 aromatic carbocycles. The number of rotatable bonds is 3. The van der Waals surface area contributed by atoms with Crippen molar-refractivity contribution < 1.29 is 4.92 Å². The summed E-state index contributed by atoms with van der Waals surface area (Å²) in [7, 11) is 0. The van der Waals surface area contributed by atoms with Crippen molar-refractivity contribution in [2.45, 2.75) is 13.0 Å². The molecule has 3 N–H and O–H groups in total. The highest BCUT2D eigenvalue weighted by molar-refractivity contribution is 5.57. The number of imidazole rings is 1. The van der Waals surface area contributed by atoms with Gasteiger partial charge in [-0.25, -0.2) is 4.98 Å². The lowest BCUT2D eigenvalue weighted by Crippen LogP contribution is -2.04. The van der Waals surface area contributed by atoms with Crippen LogP contribution in [0.15, 0.2) is 30.5 Å². The van der Waals surface area contributed by atoms with Crippen LogP contribution in [0.2, 0.25) is 0 Å². The van der Waals surface area contributed by atoms with Gasteiger partial charge in [-0.3, -0.25) is 10.1 Å². The number of aromatic amines is 1. The predicted octanol–water partition coefficient (Wildman–Crippen LogP) is 2.00. The lowest BCUT2D eigenvalue weighted by molar-refractivity contribution is -0.384. The van der Waals surface area contributed by atoms with Crippen molar-refractivity contribution in [3.05, 3.63) is 46.3 Å². The van der Waals surface area contributed by atoms with Crippen molar-refractivity contribution >= 4 is 5.69 Å². The maximum atomic E-state index is 10.5. The van der Waals surface area contributed by atoms with E-state index >= 15 is 0 Å². The van der Waals surface area contributed by atoms with E-state index in [0.29, 0.717) is 5.82 Å². The molecule has 0 fully saturated rings. The van der Waals surface area contributed by atoms with Crippen LogP contribution >= 0.6 is 0 Å². The number of benzene rings is 1. The smallest absolute Gasteiger partial charge is 0.269 e. The highest BCUT2D eigenvalue weighted by Crippen LogP contribution is 2.20. The van der Waals surface area contributed by atoms with Gasteiger partial charge in [0.25, 0.3) is 5.69 Å². The highest BCUT2D eigenvalue weighted by atomic mass is 16.6. The van der Waals surface area contributed by atoms with Crippen molar-refractivity contribution in [2.24, 2.45) is 5.73 Å². The number of hydrogen-bond acceptors (Lipinski definition) is 4. The first kappa shape index (κ1) is 11.3. The Labute approximate surface area is 97.6 Å². The Morgan fingerprint density at radius 3 is 2.53 bits per heavy atom. The summed E-state index contributed by atoms with van der Waals surface area (Å²) in [5.74, 6) is 0.659. The Bertz CT molecular complexity index is 531. The van der Waals surface area contributed by atoms with Gasteiger partial charge in [-0.05, 0) is 19.1 Å². The number of non-ortho nitro benzene ring substituents is 1. The molecule has 6 nitrogen and oxygen atoms in total. The van der Waals surface area contributed by atoms with Gasteiger partial charge in [-0.15, -0.1) is 0 Å². The number of nitrogens with zero attached hydrogens (tertiary/aromatic N) is 2. The topological polar surface area (TPSA) is 97.8 Å². The Hall–Kier alpha value is -2.21. The van der Waals surface area contributed by atoms with E-state index in [1.165, 1.54) is 12.1 Å². The number of nitro benzene ring substituents is 1. The van der Waals surface area contributed by atoms with Crippen molar-refractivity contribution in [3.8, 4) is 11.4 Å². The normalized spacial score (nSPS) is 12.4. The number of hydrogen-bond donors (Lipinski definition) is 2. The van der Waals surface area contributed by atoms with E-state index in [4.69, 9.17) is 5.73 Å². The molecule has 6 heteroatoms. The lowest BCUT2D eigenvalue weighted by atomic mass is 10.2. The molecule has 0 amide bonds. The molecule has 0 bridgehead atoms. The molecule has 88 valence electrons. The molecule has 0 radical (unpaired) electrons. The third-order valence-electron chi connectivity index (χ3n) is 2.44. The molecule has 17 heavy (non-hydrogen) atoms. The largest absolute Gasteiger partial charge is 0.341 e. The van der Waals surface area contributed by atoms with Crippen molar-refractivity contribution in [2.75, 3.05) is 0 Å². The minimum absolute atomic E-state index is 0.0627. The number of nitrogens with one attached hydrogen (secondary N) is 1. The minimum Gasteiger partial charge on any atom is -0.341 e. The average molecular weight is 232 g/mol. The summed E-state index contributed by atoms with van der Waals surface area (Å²) in [5, 5.41) is 10.5. The van der Waals surface area contributed by atoms with Gasteiger partial charge < -0.3 is 10.7 Å². The zero-order valence-electron chi connectivity index (χ0n) is 9.25. The van der Waals surface area contributed by atoms with Gasteiger partial charge in [0.1, 0.15) is 5.82 Å². The van der Waals surface area contributed by atoms with Crippen LogP contribution in [0.4, 0.5) is 5.69 Å². The molecular formula is C11H12N4O2. The number of nitrogens with two attached hydrogens (primary N) is 1. The van der Waals surface area contributed by atoms with E-state index in [1.807, 2.05) is 6.92 Å². The summed E-state index contributed by atoms with van der Waals surface area (Å²) in [5.41, 5.74) is 7.40. The predicted molar refractivity (Wildman–Crippen MR) is 63.3 cm³/mol. The summed E-state index contributed by atoms with van der Waals surface area (Å²) in [4.78, 5) is 17.3. The molecule has 0 aliphatic carbocycles. The molecule has 1 unspecified atom stereocenters. The number of nitro groups is 1. The lowest BCUT2D eigenvalue weighted by Gasteiger charge is -1.99. The van der Waals surface area contributed by atoms with Gasteiger partial charge in [-0.1, -0.05) is 0 Å². The van der Waals surface area contributed by atoms with Crippen LogP contribution in [0.25, 0.3) is 11.4 Å². The van der Waals surface area contributed by atoms with Crippen LogP contribution in [-0.2, 0) is 0 Å². The first-order valence-corrected chi connectivity index (χ1v) is 5.13. The van der Waals surface area contributed by atoms with Gasteiger partial charge in [0.05, 0.1) is 16.8 Å². The summed E-state index contributed by atoms with van der Waals surface area (Å²) >= 11 is 0. The van der Waals surface area contributed by atoms with Crippen LogP contribution < -0.4 is 5.73 Å². The monoisotopic (exact) mass is 232 g/mol. The molecular weight excluding hydrogens is 220 g/mol. The molecule has 0 aliphatic heterocycles. The Balaban J connectivity index is 2.30. The second-order valence-corrected chi connectivity index (χ2v) is 3.78. The van der Waals surface area contributed by atoms with Gasteiger partial charge >= 0.3 is 0 Å². The van der Waals surface area contributed by atoms with Gasteiger partial charge in [0.15, 0.2) is 0 Å². The summed E-state index contributed by atoms with van der Waals surface area (Å²) < 4.78 is 0. The SMILES string of the molecule is CC(N)c1cnc(-c2ccc([N+](=O)[O-])cc2)[nH]1. The third kappa shape index (κ3) is 2.31. The molecule has 2 aromatic rings. The molecule has 0 aliphatic rings. The van der Waals surface area contributed by atoms with E-state index in [-0.39, 0.29) is 11.7 Å². The van der Waals surface area contributed by atoms with Crippen molar-refractivity contribution in [1.29, 1.82) is 0 Å². The zero-order chi connectivity index (χ0) is 12.4. The van der Waals surface area contributed by atoms with Crippen LogP contribution in [0.3, 0.4) is 0 Å². The van der Waals surface area contributed by atoms with Gasteiger partial charge in [0, 0.05) is 23.7 Å². The molecule has 0 saturated carbocycles. The average Bonchev–Trinajstić information content (AvgIpc) is 2.78. The zero-order valence-corrected chi connectivity index (χ0v) is 9.25. The Morgan fingerprint density at radius 1 is 1.41 bits per heavy atom. The van der Waals surface area contributed by atoms with Crippen LogP contribution in [0, 0.1) is 10.1 Å². The second kappa shape index (κ2) is 4.34. The van der Waals surface area contributed by atoms with Crippen molar-refractivity contribution in [1.82, 2.24) is 9.97 Å². The third-order valence-corrected chi connectivity index (χ3v) is 2.44. The maximum absolute atomic E-state index is 10.5. The molecule has 1 atom stereocenters. The number of H-pyrrole nitrogens is 1. The van der Waals surface area contributed by atoms with Crippen LogP contribution in [0.1, 0.15) is 18.7 Å². The first-order chi connectivity index (χ1) is 8.08. The minimum atomic E-state index is -0.431. The van der Waals surface area contributed by atoms with Crippen LogP contribution in [-0.4, -0.2) is 14.9 Å².